The summed E-state index contributed by atoms with van der Waals surface area (Å²) in [6.07, 6.45) is 9.87. The Morgan fingerprint density at radius 2 is 0.861 bits per heavy atom. The highest BCUT2D eigenvalue weighted by Gasteiger charge is 2.09. The third-order valence-corrected chi connectivity index (χ3v) is 6.95. The van der Waals surface area contributed by atoms with Crippen molar-refractivity contribution in [1.29, 1.82) is 0 Å². The zero-order chi connectivity index (χ0) is 25.3. The first-order valence-electron chi connectivity index (χ1n) is 14.4. The maximum Gasteiger partial charge on any atom is 0.0233 e. The van der Waals surface area contributed by atoms with Crippen LogP contribution in [0.3, 0.4) is 0 Å². The van der Waals surface area contributed by atoms with Crippen molar-refractivity contribution in [2.45, 2.75) is 78.3 Å². The van der Waals surface area contributed by atoms with Crippen molar-refractivity contribution in [2.24, 2.45) is 0 Å². The van der Waals surface area contributed by atoms with E-state index in [4.69, 9.17) is 0 Å². The topological polar surface area (TPSA) is 6.48 Å². The van der Waals surface area contributed by atoms with E-state index in [1.165, 1.54) is 99.8 Å². The first-order chi connectivity index (χ1) is 17.8. The summed E-state index contributed by atoms with van der Waals surface area (Å²) in [6.45, 7) is 11.5. The van der Waals surface area contributed by atoms with Crippen molar-refractivity contribution in [3.63, 3.8) is 0 Å². The number of hydrogen-bond acceptors (Lipinski definition) is 2. The molecule has 0 heterocycles. The molecule has 0 N–H and O–H groups in total. The molecule has 0 unspecified atom stereocenters. The molecule has 0 aliphatic heterocycles. The van der Waals surface area contributed by atoms with Gasteiger partial charge in [-0.25, -0.2) is 0 Å². The van der Waals surface area contributed by atoms with Gasteiger partial charge in [0.15, 0.2) is 0 Å². The van der Waals surface area contributed by atoms with Crippen molar-refractivity contribution in [1.82, 2.24) is 9.80 Å². The smallest absolute Gasteiger partial charge is 0.0233 e. The molecular weight excluding hydrogens is 436 g/mol. The Labute approximate surface area is 221 Å². The van der Waals surface area contributed by atoms with Gasteiger partial charge < -0.3 is 0 Å². The van der Waals surface area contributed by atoms with Gasteiger partial charge in [-0.3, -0.25) is 9.80 Å². The Morgan fingerprint density at radius 3 is 1.28 bits per heavy atom. The molecule has 0 aliphatic carbocycles. The Balaban J connectivity index is 1.45. The fraction of sp³-hybridized carbons (Fsp3) is 0.471. The average Bonchev–Trinajstić information content (AvgIpc) is 2.91. The summed E-state index contributed by atoms with van der Waals surface area (Å²) in [5, 5.41) is 0. The van der Waals surface area contributed by atoms with Gasteiger partial charge in [-0.2, -0.15) is 0 Å². The molecule has 36 heavy (non-hydrogen) atoms. The summed E-state index contributed by atoms with van der Waals surface area (Å²) >= 11 is 0. The zero-order valence-corrected chi connectivity index (χ0v) is 22.9. The van der Waals surface area contributed by atoms with Gasteiger partial charge in [0.1, 0.15) is 0 Å². The van der Waals surface area contributed by atoms with E-state index in [-0.39, 0.29) is 0 Å². The molecule has 0 spiro atoms. The summed E-state index contributed by atoms with van der Waals surface area (Å²) in [4.78, 5) is 5.30. The van der Waals surface area contributed by atoms with E-state index in [2.05, 4.69) is 109 Å². The minimum absolute atomic E-state index is 1.07. The van der Waals surface area contributed by atoms with E-state index in [1.54, 1.807) is 0 Å². The number of nitrogens with zero attached hydrogens (tertiary/aromatic N) is 2. The Hall–Kier alpha value is -2.42. The van der Waals surface area contributed by atoms with Crippen LogP contribution in [0.15, 0.2) is 84.9 Å². The van der Waals surface area contributed by atoms with Crippen LogP contribution < -0.4 is 0 Å². The van der Waals surface area contributed by atoms with Crippen LogP contribution in [0, 0.1) is 0 Å². The van der Waals surface area contributed by atoms with Crippen molar-refractivity contribution < 1.29 is 0 Å². The van der Waals surface area contributed by atoms with Crippen LogP contribution in [0.2, 0.25) is 0 Å². The molecule has 0 radical (unpaired) electrons. The predicted octanol–water partition coefficient (Wildman–Crippen LogP) is 8.16. The number of aryl methyl sites for hydroxylation is 2. The summed E-state index contributed by atoms with van der Waals surface area (Å²) in [5.74, 6) is 0. The maximum atomic E-state index is 2.65. The third kappa shape index (κ3) is 11.1. The third-order valence-electron chi connectivity index (χ3n) is 6.95. The van der Waals surface area contributed by atoms with Crippen molar-refractivity contribution in [3.8, 4) is 0 Å². The lowest BCUT2D eigenvalue weighted by Gasteiger charge is -2.24. The summed E-state index contributed by atoms with van der Waals surface area (Å²) in [6, 6.07) is 31.2. The standard InChI is InChI=1S/C34H48N2/c1-3-24-35(26-13-11-20-31-16-7-5-8-17-31)29-33-22-15-23-34(28-33)30-36(25-4-2)27-14-12-21-32-18-9-6-10-19-32/h5-10,15-19,22-23,28H,3-4,11-14,20-21,24-27,29-30H2,1-2H3. The number of benzene rings is 3. The number of rotatable bonds is 18. The quantitative estimate of drug-likeness (QED) is 0.168. The molecule has 194 valence electrons. The van der Waals surface area contributed by atoms with Gasteiger partial charge in [0.25, 0.3) is 0 Å². The van der Waals surface area contributed by atoms with Crippen molar-refractivity contribution in [2.75, 3.05) is 26.2 Å². The van der Waals surface area contributed by atoms with Crippen LogP contribution in [0.1, 0.15) is 74.6 Å². The second-order valence-electron chi connectivity index (χ2n) is 10.3. The van der Waals surface area contributed by atoms with Crippen LogP contribution in [-0.2, 0) is 25.9 Å². The van der Waals surface area contributed by atoms with E-state index in [1.807, 2.05) is 0 Å². The Kier molecular flexibility index (Phi) is 13.4. The minimum atomic E-state index is 1.07. The van der Waals surface area contributed by atoms with Gasteiger partial charge in [-0.1, -0.05) is 98.8 Å². The highest BCUT2D eigenvalue weighted by Crippen LogP contribution is 2.14. The van der Waals surface area contributed by atoms with Crippen LogP contribution in [-0.4, -0.2) is 36.0 Å². The molecule has 0 atom stereocenters. The lowest BCUT2D eigenvalue weighted by atomic mass is 10.1. The summed E-state index contributed by atoms with van der Waals surface area (Å²) in [7, 11) is 0. The highest BCUT2D eigenvalue weighted by molar-refractivity contribution is 5.23. The number of unbranched alkanes of at least 4 members (excludes halogenated alkanes) is 2. The zero-order valence-electron chi connectivity index (χ0n) is 22.9. The van der Waals surface area contributed by atoms with Gasteiger partial charge in [-0.15, -0.1) is 0 Å². The van der Waals surface area contributed by atoms with Gasteiger partial charge in [0.2, 0.25) is 0 Å². The average molecular weight is 485 g/mol. The second-order valence-corrected chi connectivity index (χ2v) is 10.3. The van der Waals surface area contributed by atoms with Crippen LogP contribution >= 0.6 is 0 Å². The monoisotopic (exact) mass is 484 g/mol. The molecule has 0 fully saturated rings. The largest absolute Gasteiger partial charge is 0.299 e. The molecule has 3 rings (SSSR count). The lowest BCUT2D eigenvalue weighted by Crippen LogP contribution is -2.26. The Bertz CT molecular complexity index is 863. The molecule has 0 saturated carbocycles. The normalized spacial score (nSPS) is 11.4. The first kappa shape index (κ1) is 28.2. The van der Waals surface area contributed by atoms with Gasteiger partial charge in [0, 0.05) is 13.1 Å². The minimum Gasteiger partial charge on any atom is -0.299 e. The first-order valence-corrected chi connectivity index (χ1v) is 14.4. The maximum absolute atomic E-state index is 2.65. The lowest BCUT2D eigenvalue weighted by molar-refractivity contribution is 0.256. The molecule has 3 aromatic carbocycles. The van der Waals surface area contributed by atoms with Crippen LogP contribution in [0.25, 0.3) is 0 Å². The SMILES string of the molecule is CCCN(CCCCc1ccccc1)Cc1cccc(CN(CCC)CCCCc2ccccc2)c1. The Morgan fingerprint density at radius 1 is 0.444 bits per heavy atom. The van der Waals surface area contributed by atoms with E-state index in [9.17, 15) is 0 Å². The fourth-order valence-corrected chi connectivity index (χ4v) is 5.13. The van der Waals surface area contributed by atoms with Gasteiger partial charge in [0.05, 0.1) is 0 Å². The van der Waals surface area contributed by atoms with Crippen molar-refractivity contribution >= 4 is 0 Å². The van der Waals surface area contributed by atoms with E-state index >= 15 is 0 Å². The molecule has 2 heteroatoms. The molecular formula is C34H48N2. The van der Waals surface area contributed by atoms with Crippen LogP contribution in [0.5, 0.6) is 0 Å². The van der Waals surface area contributed by atoms with Gasteiger partial charge in [-0.05, 0) is 99.8 Å². The molecule has 3 aromatic rings. The van der Waals surface area contributed by atoms with E-state index in [0.29, 0.717) is 0 Å². The fourth-order valence-electron chi connectivity index (χ4n) is 5.13. The van der Waals surface area contributed by atoms with E-state index < -0.39 is 0 Å². The summed E-state index contributed by atoms with van der Waals surface area (Å²) < 4.78 is 0. The molecule has 0 bridgehead atoms. The molecule has 0 saturated heterocycles. The number of hydrogen-bond donors (Lipinski definition) is 0. The molecule has 0 aromatic heterocycles. The molecule has 0 amide bonds. The van der Waals surface area contributed by atoms with E-state index in [0.717, 1.165) is 13.1 Å². The predicted molar refractivity (Wildman–Crippen MR) is 156 cm³/mol. The second kappa shape index (κ2) is 17.1. The molecule has 2 nitrogen and oxygen atoms in total. The molecule has 0 aliphatic rings. The van der Waals surface area contributed by atoms with Crippen molar-refractivity contribution in [3.05, 3.63) is 107 Å². The van der Waals surface area contributed by atoms with Gasteiger partial charge >= 0.3 is 0 Å². The highest BCUT2D eigenvalue weighted by atomic mass is 15.1. The van der Waals surface area contributed by atoms with Crippen LogP contribution in [0.4, 0.5) is 0 Å². The summed E-state index contributed by atoms with van der Waals surface area (Å²) in [5.41, 5.74) is 5.85.